The first-order valence-electron chi connectivity index (χ1n) is 5.90. The molecule has 1 aromatic carbocycles. The van der Waals surface area contributed by atoms with E-state index < -0.39 is 16.1 Å². The summed E-state index contributed by atoms with van der Waals surface area (Å²) in [5.74, 6) is 0. The second-order valence-electron chi connectivity index (χ2n) is 4.35. The molecule has 5 nitrogen and oxygen atoms in total. The van der Waals surface area contributed by atoms with Crippen molar-refractivity contribution in [3.05, 3.63) is 45.1 Å². The standard InChI is InChI=1S/C13H12ClN3O2S2/c1-8(11-3-5-13(14)20-11)17-21(18,19)12-4-2-10(16)6-9(12)7-15/h2-6,8,17H,16H2,1H3. The molecule has 0 aliphatic rings. The number of benzene rings is 1. The van der Waals surface area contributed by atoms with Gasteiger partial charge in [0.05, 0.1) is 20.8 Å². The molecular formula is C13H12ClN3O2S2. The largest absolute Gasteiger partial charge is 0.399 e. The minimum atomic E-state index is -3.82. The van der Waals surface area contributed by atoms with E-state index in [-0.39, 0.29) is 10.5 Å². The van der Waals surface area contributed by atoms with E-state index in [1.165, 1.54) is 29.5 Å². The Kier molecular flexibility index (Phi) is 4.54. The number of rotatable bonds is 4. The monoisotopic (exact) mass is 341 g/mol. The van der Waals surface area contributed by atoms with Gasteiger partial charge in [0.2, 0.25) is 10.0 Å². The first-order chi connectivity index (χ1) is 9.83. The van der Waals surface area contributed by atoms with Crippen LogP contribution in [-0.4, -0.2) is 8.42 Å². The third kappa shape index (κ3) is 3.54. The molecule has 0 bridgehead atoms. The van der Waals surface area contributed by atoms with Gasteiger partial charge in [-0.3, -0.25) is 0 Å². The van der Waals surface area contributed by atoms with Crippen LogP contribution >= 0.6 is 22.9 Å². The number of anilines is 1. The zero-order valence-electron chi connectivity index (χ0n) is 11.0. The zero-order valence-corrected chi connectivity index (χ0v) is 13.4. The molecule has 3 N–H and O–H groups in total. The zero-order chi connectivity index (χ0) is 15.6. The van der Waals surface area contributed by atoms with Gasteiger partial charge in [-0.05, 0) is 37.3 Å². The van der Waals surface area contributed by atoms with Crippen LogP contribution in [0.15, 0.2) is 35.2 Å². The van der Waals surface area contributed by atoms with Gasteiger partial charge in [-0.1, -0.05) is 11.6 Å². The minimum absolute atomic E-state index is 0.0129. The van der Waals surface area contributed by atoms with Crippen LogP contribution in [-0.2, 0) is 10.0 Å². The van der Waals surface area contributed by atoms with Crippen molar-refractivity contribution in [2.24, 2.45) is 0 Å². The number of hydrogen-bond acceptors (Lipinski definition) is 5. The molecule has 110 valence electrons. The molecule has 0 radical (unpaired) electrons. The normalized spacial score (nSPS) is 12.8. The van der Waals surface area contributed by atoms with E-state index >= 15 is 0 Å². The van der Waals surface area contributed by atoms with Gasteiger partial charge in [0.25, 0.3) is 0 Å². The summed E-state index contributed by atoms with van der Waals surface area (Å²) < 4.78 is 27.9. The fourth-order valence-corrected chi connectivity index (χ4v) is 4.28. The van der Waals surface area contributed by atoms with E-state index in [2.05, 4.69) is 4.72 Å². The van der Waals surface area contributed by atoms with Crippen LogP contribution in [0.2, 0.25) is 4.34 Å². The third-order valence-electron chi connectivity index (χ3n) is 2.77. The van der Waals surface area contributed by atoms with Crippen molar-refractivity contribution < 1.29 is 8.42 Å². The van der Waals surface area contributed by atoms with Gasteiger partial charge in [0, 0.05) is 10.6 Å². The highest BCUT2D eigenvalue weighted by Crippen LogP contribution is 2.28. The number of nitrogens with one attached hydrogen (secondary N) is 1. The van der Waals surface area contributed by atoms with E-state index in [1.807, 2.05) is 6.07 Å². The average Bonchev–Trinajstić information content (AvgIpc) is 2.84. The summed E-state index contributed by atoms with van der Waals surface area (Å²) >= 11 is 7.14. The predicted octanol–water partition coefficient (Wildman–Crippen LogP) is 2.89. The molecule has 0 amide bonds. The molecule has 0 saturated carbocycles. The highest BCUT2D eigenvalue weighted by molar-refractivity contribution is 7.89. The Hall–Kier alpha value is -1.59. The van der Waals surface area contributed by atoms with Crippen LogP contribution in [0.4, 0.5) is 5.69 Å². The number of hydrogen-bond donors (Lipinski definition) is 2. The highest BCUT2D eigenvalue weighted by Gasteiger charge is 2.22. The number of nitrogen functional groups attached to an aromatic ring is 1. The van der Waals surface area contributed by atoms with Crippen LogP contribution in [0.25, 0.3) is 0 Å². The number of nitrogens with two attached hydrogens (primary N) is 1. The van der Waals surface area contributed by atoms with Crippen molar-refractivity contribution in [1.29, 1.82) is 5.26 Å². The van der Waals surface area contributed by atoms with Crippen molar-refractivity contribution in [2.45, 2.75) is 17.9 Å². The molecule has 0 saturated heterocycles. The Morgan fingerprint density at radius 2 is 2.10 bits per heavy atom. The number of halogens is 1. The Labute approximate surface area is 132 Å². The smallest absolute Gasteiger partial charge is 0.242 e. The number of sulfonamides is 1. The van der Waals surface area contributed by atoms with Crippen molar-refractivity contribution in [1.82, 2.24) is 4.72 Å². The van der Waals surface area contributed by atoms with Gasteiger partial charge in [-0.15, -0.1) is 11.3 Å². The Bertz CT molecular complexity index is 809. The summed E-state index contributed by atoms with van der Waals surface area (Å²) in [5.41, 5.74) is 5.91. The molecule has 1 unspecified atom stereocenters. The van der Waals surface area contributed by atoms with E-state index in [0.29, 0.717) is 10.0 Å². The van der Waals surface area contributed by atoms with Crippen LogP contribution in [0.3, 0.4) is 0 Å². The van der Waals surface area contributed by atoms with Gasteiger partial charge < -0.3 is 5.73 Å². The lowest BCUT2D eigenvalue weighted by Gasteiger charge is -2.13. The second kappa shape index (κ2) is 6.03. The molecule has 8 heteroatoms. The van der Waals surface area contributed by atoms with Gasteiger partial charge >= 0.3 is 0 Å². The maximum Gasteiger partial charge on any atom is 0.242 e. The summed E-state index contributed by atoms with van der Waals surface area (Å²) in [4.78, 5) is 0.700. The predicted molar refractivity (Wildman–Crippen MR) is 83.6 cm³/mol. The van der Waals surface area contributed by atoms with Crippen molar-refractivity contribution in [2.75, 3.05) is 5.73 Å². The minimum Gasteiger partial charge on any atom is -0.399 e. The van der Waals surface area contributed by atoms with Crippen molar-refractivity contribution in [3.63, 3.8) is 0 Å². The lowest BCUT2D eigenvalue weighted by molar-refractivity contribution is 0.568. The Morgan fingerprint density at radius 3 is 2.67 bits per heavy atom. The van der Waals surface area contributed by atoms with E-state index in [0.717, 1.165) is 4.88 Å². The number of thiophene rings is 1. The number of nitrogens with zero attached hydrogens (tertiary/aromatic N) is 1. The van der Waals surface area contributed by atoms with Crippen LogP contribution < -0.4 is 10.5 Å². The molecule has 1 atom stereocenters. The maximum atomic E-state index is 12.4. The molecule has 1 aromatic heterocycles. The van der Waals surface area contributed by atoms with Gasteiger partial charge in [0.15, 0.2) is 0 Å². The molecule has 2 aromatic rings. The summed E-state index contributed by atoms with van der Waals surface area (Å²) in [6.45, 7) is 1.71. The Morgan fingerprint density at radius 1 is 1.38 bits per heavy atom. The average molecular weight is 342 g/mol. The SMILES string of the molecule is CC(NS(=O)(=O)c1ccc(N)cc1C#N)c1ccc(Cl)s1. The summed E-state index contributed by atoms with van der Waals surface area (Å²) in [7, 11) is -3.82. The lowest BCUT2D eigenvalue weighted by Crippen LogP contribution is -2.27. The van der Waals surface area contributed by atoms with Gasteiger partial charge in [-0.25, -0.2) is 13.1 Å². The molecule has 2 rings (SSSR count). The van der Waals surface area contributed by atoms with E-state index in [9.17, 15) is 8.42 Å². The fraction of sp³-hybridized carbons (Fsp3) is 0.154. The third-order valence-corrected chi connectivity index (χ3v) is 5.78. The molecule has 0 aliphatic carbocycles. The van der Waals surface area contributed by atoms with E-state index in [1.54, 1.807) is 19.1 Å². The molecule has 0 aliphatic heterocycles. The van der Waals surface area contributed by atoms with Crippen molar-refractivity contribution in [3.8, 4) is 6.07 Å². The fourth-order valence-electron chi connectivity index (χ4n) is 1.78. The lowest BCUT2D eigenvalue weighted by atomic mass is 10.2. The molecule has 0 fully saturated rings. The maximum absolute atomic E-state index is 12.4. The molecule has 0 spiro atoms. The first kappa shape index (κ1) is 15.8. The molecule has 1 heterocycles. The molecular weight excluding hydrogens is 330 g/mol. The summed E-state index contributed by atoms with van der Waals surface area (Å²) in [6, 6.07) is 8.96. The summed E-state index contributed by atoms with van der Waals surface area (Å²) in [6.07, 6.45) is 0. The number of nitriles is 1. The topological polar surface area (TPSA) is 96.0 Å². The quantitative estimate of drug-likeness (QED) is 0.836. The second-order valence-corrected chi connectivity index (χ2v) is 7.78. The highest BCUT2D eigenvalue weighted by atomic mass is 35.5. The van der Waals surface area contributed by atoms with Gasteiger partial charge in [0.1, 0.15) is 6.07 Å². The summed E-state index contributed by atoms with van der Waals surface area (Å²) in [5, 5.41) is 9.05. The van der Waals surface area contributed by atoms with Crippen LogP contribution in [0.5, 0.6) is 0 Å². The van der Waals surface area contributed by atoms with Crippen LogP contribution in [0, 0.1) is 11.3 Å². The van der Waals surface area contributed by atoms with Crippen LogP contribution in [0.1, 0.15) is 23.4 Å². The van der Waals surface area contributed by atoms with E-state index in [4.69, 9.17) is 22.6 Å². The first-order valence-corrected chi connectivity index (χ1v) is 8.58. The van der Waals surface area contributed by atoms with Crippen molar-refractivity contribution >= 4 is 38.6 Å². The molecule has 21 heavy (non-hydrogen) atoms. The Balaban J connectivity index is 2.33. The van der Waals surface area contributed by atoms with Gasteiger partial charge in [-0.2, -0.15) is 5.26 Å².